The van der Waals surface area contributed by atoms with Crippen molar-refractivity contribution in [1.82, 2.24) is 0 Å². The molecule has 0 amide bonds. The Morgan fingerprint density at radius 3 is 1.93 bits per heavy atom. The van der Waals surface area contributed by atoms with Gasteiger partial charge in [-0.3, -0.25) is 0 Å². The first-order chi connectivity index (χ1) is 7.36. The highest BCUT2D eigenvalue weighted by Gasteiger charge is 2.25. The lowest BCUT2D eigenvalue weighted by molar-refractivity contribution is 0.0562. The van der Waals surface area contributed by atoms with Gasteiger partial charge in [-0.1, -0.05) is 51.4 Å². The van der Waals surface area contributed by atoms with E-state index in [4.69, 9.17) is 0 Å². The molecule has 0 heterocycles. The van der Waals surface area contributed by atoms with Crippen LogP contribution in [0.1, 0.15) is 70.6 Å². The van der Waals surface area contributed by atoms with E-state index in [0.29, 0.717) is 5.92 Å². The second-order valence-corrected chi connectivity index (χ2v) is 5.71. The minimum absolute atomic E-state index is 0.0217. The van der Waals surface area contributed by atoms with Crippen LogP contribution in [0.3, 0.4) is 0 Å². The topological polar surface area (TPSA) is 20.2 Å². The van der Waals surface area contributed by atoms with Crippen LogP contribution < -0.4 is 0 Å². The zero-order valence-corrected chi connectivity index (χ0v) is 9.96. The average Bonchev–Trinajstić information content (AvgIpc) is 2.31. The first kappa shape index (κ1) is 11.4. The van der Waals surface area contributed by atoms with Crippen LogP contribution in [0.15, 0.2) is 0 Å². The van der Waals surface area contributed by atoms with E-state index in [1.807, 2.05) is 0 Å². The Kier molecular flexibility index (Phi) is 4.49. The fourth-order valence-corrected chi connectivity index (χ4v) is 3.48. The molecule has 1 N–H and O–H groups in total. The summed E-state index contributed by atoms with van der Waals surface area (Å²) in [4.78, 5) is 0. The van der Waals surface area contributed by atoms with E-state index in [1.165, 1.54) is 64.2 Å². The molecule has 2 aliphatic carbocycles. The van der Waals surface area contributed by atoms with Gasteiger partial charge in [0.1, 0.15) is 0 Å². The summed E-state index contributed by atoms with van der Waals surface area (Å²) in [7, 11) is 0. The van der Waals surface area contributed by atoms with Crippen molar-refractivity contribution in [3.05, 3.63) is 0 Å². The summed E-state index contributed by atoms with van der Waals surface area (Å²) in [5.41, 5.74) is 0. The van der Waals surface area contributed by atoms with E-state index in [2.05, 4.69) is 0 Å². The molecule has 0 aromatic heterocycles. The SMILES string of the molecule is O[C@@H](CC1CCCCC1)C1CCCCC1. The molecule has 15 heavy (non-hydrogen) atoms. The molecule has 0 unspecified atom stereocenters. The predicted octanol–water partition coefficient (Wildman–Crippen LogP) is 3.90. The molecule has 2 rings (SSSR count). The second kappa shape index (κ2) is 5.89. The molecular weight excluding hydrogens is 184 g/mol. The maximum absolute atomic E-state index is 10.2. The highest BCUT2D eigenvalue weighted by molar-refractivity contribution is 4.77. The normalized spacial score (nSPS) is 27.8. The summed E-state index contributed by atoms with van der Waals surface area (Å²) in [6.45, 7) is 0. The zero-order valence-electron chi connectivity index (χ0n) is 9.96. The van der Waals surface area contributed by atoms with Crippen molar-refractivity contribution >= 4 is 0 Å². The Hall–Kier alpha value is -0.0400. The Morgan fingerprint density at radius 1 is 0.800 bits per heavy atom. The Balaban J connectivity index is 1.72. The quantitative estimate of drug-likeness (QED) is 0.749. The zero-order chi connectivity index (χ0) is 10.5. The molecule has 2 saturated carbocycles. The van der Waals surface area contributed by atoms with Crippen molar-refractivity contribution in [3.63, 3.8) is 0 Å². The van der Waals surface area contributed by atoms with Gasteiger partial charge in [-0.05, 0) is 31.1 Å². The van der Waals surface area contributed by atoms with E-state index in [0.717, 1.165) is 12.3 Å². The maximum atomic E-state index is 10.2. The van der Waals surface area contributed by atoms with E-state index in [1.54, 1.807) is 0 Å². The molecule has 1 nitrogen and oxygen atoms in total. The van der Waals surface area contributed by atoms with Gasteiger partial charge in [0.25, 0.3) is 0 Å². The Labute approximate surface area is 94.3 Å². The van der Waals surface area contributed by atoms with Gasteiger partial charge in [0.15, 0.2) is 0 Å². The largest absolute Gasteiger partial charge is 0.393 e. The van der Waals surface area contributed by atoms with Gasteiger partial charge in [-0.25, -0.2) is 0 Å². The van der Waals surface area contributed by atoms with Gasteiger partial charge in [0, 0.05) is 0 Å². The molecule has 0 aliphatic heterocycles. The van der Waals surface area contributed by atoms with Crippen molar-refractivity contribution in [2.45, 2.75) is 76.7 Å². The van der Waals surface area contributed by atoms with Crippen molar-refractivity contribution < 1.29 is 5.11 Å². The van der Waals surface area contributed by atoms with Crippen LogP contribution in [-0.4, -0.2) is 11.2 Å². The second-order valence-electron chi connectivity index (χ2n) is 5.71. The molecule has 0 aromatic rings. The molecule has 88 valence electrons. The summed E-state index contributed by atoms with van der Waals surface area (Å²) in [6, 6.07) is 0. The van der Waals surface area contributed by atoms with Gasteiger partial charge in [0.2, 0.25) is 0 Å². The number of aliphatic hydroxyl groups is 1. The third kappa shape index (κ3) is 3.48. The van der Waals surface area contributed by atoms with Crippen molar-refractivity contribution in [2.24, 2.45) is 11.8 Å². The van der Waals surface area contributed by atoms with Crippen molar-refractivity contribution in [3.8, 4) is 0 Å². The minimum atomic E-state index is 0.0217. The van der Waals surface area contributed by atoms with E-state index in [-0.39, 0.29) is 6.10 Å². The first-order valence-corrected chi connectivity index (χ1v) is 7.04. The molecule has 1 heteroatoms. The first-order valence-electron chi connectivity index (χ1n) is 7.04. The van der Waals surface area contributed by atoms with Crippen LogP contribution in [-0.2, 0) is 0 Å². The molecule has 2 aliphatic rings. The standard InChI is InChI=1S/C14H26O/c15-14(13-9-5-2-6-10-13)11-12-7-3-1-4-8-12/h12-15H,1-11H2/t14-/m0/s1. The fraction of sp³-hybridized carbons (Fsp3) is 1.00. The van der Waals surface area contributed by atoms with E-state index >= 15 is 0 Å². The van der Waals surface area contributed by atoms with Gasteiger partial charge >= 0.3 is 0 Å². The number of hydrogen-bond acceptors (Lipinski definition) is 1. The smallest absolute Gasteiger partial charge is 0.0571 e. The summed E-state index contributed by atoms with van der Waals surface area (Å²) < 4.78 is 0. The third-order valence-electron chi connectivity index (χ3n) is 4.49. The Morgan fingerprint density at radius 2 is 1.33 bits per heavy atom. The highest BCUT2D eigenvalue weighted by Crippen LogP contribution is 2.33. The minimum Gasteiger partial charge on any atom is -0.393 e. The third-order valence-corrected chi connectivity index (χ3v) is 4.49. The molecule has 1 atom stereocenters. The highest BCUT2D eigenvalue weighted by atomic mass is 16.3. The fourth-order valence-electron chi connectivity index (χ4n) is 3.48. The number of hydrogen-bond donors (Lipinski definition) is 1. The molecular formula is C14H26O. The van der Waals surface area contributed by atoms with Crippen LogP contribution in [0.25, 0.3) is 0 Å². The van der Waals surface area contributed by atoms with Crippen LogP contribution >= 0.6 is 0 Å². The van der Waals surface area contributed by atoms with Gasteiger partial charge in [0.05, 0.1) is 6.10 Å². The predicted molar refractivity (Wildman–Crippen MR) is 63.8 cm³/mol. The average molecular weight is 210 g/mol. The maximum Gasteiger partial charge on any atom is 0.0571 e. The van der Waals surface area contributed by atoms with Crippen LogP contribution in [0.2, 0.25) is 0 Å². The summed E-state index contributed by atoms with van der Waals surface area (Å²) in [6.07, 6.45) is 14.8. The molecule has 0 aromatic carbocycles. The molecule has 2 fully saturated rings. The van der Waals surface area contributed by atoms with Crippen LogP contribution in [0, 0.1) is 11.8 Å². The van der Waals surface area contributed by atoms with Crippen molar-refractivity contribution in [1.29, 1.82) is 0 Å². The molecule has 0 bridgehead atoms. The van der Waals surface area contributed by atoms with Crippen LogP contribution in [0.5, 0.6) is 0 Å². The lowest BCUT2D eigenvalue weighted by Gasteiger charge is -2.30. The molecule has 0 spiro atoms. The van der Waals surface area contributed by atoms with E-state index in [9.17, 15) is 5.11 Å². The Bertz CT molecular complexity index is 166. The summed E-state index contributed by atoms with van der Waals surface area (Å²) in [5.74, 6) is 1.48. The molecule has 0 radical (unpaired) electrons. The number of aliphatic hydroxyl groups excluding tert-OH is 1. The lowest BCUT2D eigenvalue weighted by Crippen LogP contribution is -2.26. The van der Waals surface area contributed by atoms with Gasteiger partial charge < -0.3 is 5.11 Å². The van der Waals surface area contributed by atoms with Crippen molar-refractivity contribution in [2.75, 3.05) is 0 Å². The lowest BCUT2D eigenvalue weighted by atomic mass is 9.78. The number of rotatable bonds is 3. The van der Waals surface area contributed by atoms with E-state index < -0.39 is 0 Å². The van der Waals surface area contributed by atoms with Gasteiger partial charge in [-0.2, -0.15) is 0 Å². The summed E-state index contributed by atoms with van der Waals surface area (Å²) in [5, 5.41) is 10.2. The summed E-state index contributed by atoms with van der Waals surface area (Å²) >= 11 is 0. The van der Waals surface area contributed by atoms with Crippen LogP contribution in [0.4, 0.5) is 0 Å². The monoisotopic (exact) mass is 210 g/mol. The van der Waals surface area contributed by atoms with Gasteiger partial charge in [-0.15, -0.1) is 0 Å². The molecule has 0 saturated heterocycles.